The lowest BCUT2D eigenvalue weighted by Crippen LogP contribution is -2.13. The fourth-order valence-corrected chi connectivity index (χ4v) is 2.02. The van der Waals surface area contributed by atoms with Crippen LogP contribution in [0.3, 0.4) is 0 Å². The molecule has 1 unspecified atom stereocenters. The van der Waals surface area contributed by atoms with E-state index in [0.29, 0.717) is 5.82 Å². The van der Waals surface area contributed by atoms with E-state index in [1.54, 1.807) is 7.05 Å². The lowest BCUT2D eigenvalue weighted by Gasteiger charge is -2.13. The van der Waals surface area contributed by atoms with Crippen molar-refractivity contribution in [3.8, 4) is 0 Å². The zero-order valence-corrected chi connectivity index (χ0v) is 11.2. The van der Waals surface area contributed by atoms with Crippen LogP contribution in [0.1, 0.15) is 23.7 Å². The molecule has 0 fully saturated rings. The molecule has 0 aliphatic rings. The van der Waals surface area contributed by atoms with Crippen LogP contribution in [0, 0.1) is 0 Å². The van der Waals surface area contributed by atoms with Crippen LogP contribution >= 0.6 is 15.9 Å². The summed E-state index contributed by atoms with van der Waals surface area (Å²) in [6.45, 7) is 0. The molecule has 6 nitrogen and oxygen atoms in total. The van der Waals surface area contributed by atoms with Crippen molar-refractivity contribution in [3.63, 3.8) is 0 Å². The highest BCUT2D eigenvalue weighted by Gasteiger charge is 2.22. The summed E-state index contributed by atoms with van der Waals surface area (Å²) in [5.41, 5.74) is 0.874. The maximum absolute atomic E-state index is 11.0. The zero-order chi connectivity index (χ0) is 13.1. The van der Waals surface area contributed by atoms with Gasteiger partial charge in [-0.25, -0.2) is 4.68 Å². The van der Waals surface area contributed by atoms with E-state index in [4.69, 9.17) is 5.11 Å². The van der Waals surface area contributed by atoms with Gasteiger partial charge in [-0.1, -0.05) is 28.1 Å². The first-order chi connectivity index (χ1) is 8.58. The monoisotopic (exact) mass is 310 g/mol. The second-order valence-electron chi connectivity index (χ2n) is 3.86. The van der Waals surface area contributed by atoms with E-state index >= 15 is 0 Å². The molecule has 1 atom stereocenters. The fourth-order valence-electron chi connectivity index (χ4n) is 1.76. The minimum absolute atomic E-state index is 0.0458. The van der Waals surface area contributed by atoms with E-state index in [-0.39, 0.29) is 12.3 Å². The predicted molar refractivity (Wildman–Crippen MR) is 67.0 cm³/mol. The summed E-state index contributed by atoms with van der Waals surface area (Å²) in [6, 6.07) is 7.47. The first-order valence-corrected chi connectivity index (χ1v) is 6.06. The van der Waals surface area contributed by atoms with Crippen LogP contribution < -0.4 is 0 Å². The maximum atomic E-state index is 11.0. The van der Waals surface area contributed by atoms with Gasteiger partial charge in [-0.3, -0.25) is 4.79 Å². The second kappa shape index (κ2) is 5.26. The van der Waals surface area contributed by atoms with Crippen LogP contribution in [0.15, 0.2) is 28.7 Å². The van der Waals surface area contributed by atoms with Gasteiger partial charge in [-0.05, 0) is 28.1 Å². The number of aryl methyl sites for hydroxylation is 1. The van der Waals surface area contributed by atoms with Crippen LogP contribution in [-0.2, 0) is 11.8 Å². The van der Waals surface area contributed by atoms with Gasteiger partial charge in [-0.2, -0.15) is 0 Å². The number of hydrogen-bond donors (Lipinski definition) is 1. The van der Waals surface area contributed by atoms with Gasteiger partial charge in [0, 0.05) is 11.5 Å². The van der Waals surface area contributed by atoms with Crippen LogP contribution in [0.5, 0.6) is 0 Å². The van der Waals surface area contributed by atoms with Crippen molar-refractivity contribution in [1.82, 2.24) is 20.2 Å². The average Bonchev–Trinajstić information content (AvgIpc) is 2.73. The molecule has 2 rings (SSSR count). The van der Waals surface area contributed by atoms with Gasteiger partial charge in [0.25, 0.3) is 0 Å². The van der Waals surface area contributed by atoms with Gasteiger partial charge in [0.15, 0.2) is 5.82 Å². The third-order valence-electron chi connectivity index (χ3n) is 2.62. The Morgan fingerprint density at radius 3 is 2.61 bits per heavy atom. The third-order valence-corrected chi connectivity index (χ3v) is 3.14. The van der Waals surface area contributed by atoms with E-state index in [1.165, 1.54) is 4.68 Å². The van der Waals surface area contributed by atoms with Crippen molar-refractivity contribution >= 4 is 21.9 Å². The molecule has 0 spiro atoms. The molecule has 18 heavy (non-hydrogen) atoms. The SMILES string of the molecule is Cn1nnnc1C(CC(=O)O)c1ccc(Br)cc1. The Hall–Kier alpha value is -1.76. The van der Waals surface area contributed by atoms with Crippen LogP contribution in [0.2, 0.25) is 0 Å². The first kappa shape index (κ1) is 12.7. The van der Waals surface area contributed by atoms with Gasteiger partial charge in [0.05, 0.1) is 12.3 Å². The number of aromatic nitrogens is 4. The number of nitrogens with zero attached hydrogens (tertiary/aromatic N) is 4. The summed E-state index contributed by atoms with van der Waals surface area (Å²) in [6.07, 6.45) is -0.0458. The van der Waals surface area contributed by atoms with Crippen LogP contribution in [0.4, 0.5) is 0 Å². The molecule has 0 aliphatic heterocycles. The average molecular weight is 311 g/mol. The van der Waals surface area contributed by atoms with E-state index in [9.17, 15) is 4.79 Å². The summed E-state index contributed by atoms with van der Waals surface area (Å²) < 4.78 is 2.44. The summed E-state index contributed by atoms with van der Waals surface area (Å²) >= 11 is 3.35. The van der Waals surface area contributed by atoms with Gasteiger partial charge in [0.2, 0.25) is 0 Å². The number of benzene rings is 1. The Kier molecular flexibility index (Phi) is 3.71. The number of carboxylic acids is 1. The molecule has 0 saturated heterocycles. The minimum atomic E-state index is -0.883. The third kappa shape index (κ3) is 2.73. The van der Waals surface area contributed by atoms with Gasteiger partial charge >= 0.3 is 5.97 Å². The maximum Gasteiger partial charge on any atom is 0.304 e. The second-order valence-corrected chi connectivity index (χ2v) is 4.78. The molecule has 0 radical (unpaired) electrons. The van der Waals surface area contributed by atoms with E-state index in [0.717, 1.165) is 10.0 Å². The molecule has 94 valence electrons. The lowest BCUT2D eigenvalue weighted by atomic mass is 9.95. The van der Waals surface area contributed by atoms with Crippen molar-refractivity contribution < 1.29 is 9.90 Å². The number of hydrogen-bond acceptors (Lipinski definition) is 4. The normalized spacial score (nSPS) is 12.3. The summed E-state index contributed by atoms with van der Waals surface area (Å²) in [4.78, 5) is 11.0. The predicted octanol–water partition coefficient (Wildman–Crippen LogP) is 1.58. The Morgan fingerprint density at radius 1 is 1.44 bits per heavy atom. The molecule has 0 amide bonds. The molecule has 7 heteroatoms. The fraction of sp³-hybridized carbons (Fsp3) is 0.273. The van der Waals surface area contributed by atoms with Crippen LogP contribution in [0.25, 0.3) is 0 Å². The number of halogens is 1. The lowest BCUT2D eigenvalue weighted by molar-refractivity contribution is -0.137. The standard InChI is InChI=1S/C11H11BrN4O2/c1-16-11(13-14-15-16)9(6-10(17)18)7-2-4-8(12)5-3-7/h2-5,9H,6H2,1H3,(H,17,18). The van der Waals surface area contributed by atoms with Gasteiger partial charge < -0.3 is 5.11 Å². The molecular weight excluding hydrogens is 300 g/mol. The van der Waals surface area contributed by atoms with Crippen molar-refractivity contribution in [3.05, 3.63) is 40.1 Å². The Morgan fingerprint density at radius 2 is 2.11 bits per heavy atom. The Balaban J connectivity index is 2.39. The molecule has 1 N–H and O–H groups in total. The van der Waals surface area contributed by atoms with Crippen molar-refractivity contribution in [2.75, 3.05) is 0 Å². The number of tetrazole rings is 1. The molecule has 1 aromatic heterocycles. The van der Waals surface area contributed by atoms with E-state index in [1.807, 2.05) is 24.3 Å². The molecular formula is C11H11BrN4O2. The highest BCUT2D eigenvalue weighted by molar-refractivity contribution is 9.10. The van der Waals surface area contributed by atoms with E-state index in [2.05, 4.69) is 31.5 Å². The highest BCUT2D eigenvalue weighted by atomic mass is 79.9. The summed E-state index contributed by atoms with van der Waals surface area (Å²) in [5, 5.41) is 20.2. The van der Waals surface area contributed by atoms with Crippen molar-refractivity contribution in [1.29, 1.82) is 0 Å². The highest BCUT2D eigenvalue weighted by Crippen LogP contribution is 2.26. The number of carboxylic acid groups (broad SMARTS) is 1. The molecule has 0 aliphatic carbocycles. The quantitative estimate of drug-likeness (QED) is 0.927. The Labute approximate surface area is 112 Å². The number of carbonyl (C=O) groups is 1. The van der Waals surface area contributed by atoms with Gasteiger partial charge in [0.1, 0.15) is 0 Å². The molecule has 0 bridgehead atoms. The van der Waals surface area contributed by atoms with Crippen molar-refractivity contribution in [2.45, 2.75) is 12.3 Å². The first-order valence-electron chi connectivity index (χ1n) is 5.27. The smallest absolute Gasteiger partial charge is 0.304 e. The Bertz CT molecular complexity index is 552. The van der Waals surface area contributed by atoms with E-state index < -0.39 is 5.97 Å². The number of rotatable bonds is 4. The minimum Gasteiger partial charge on any atom is -0.481 e. The largest absolute Gasteiger partial charge is 0.481 e. The molecule has 2 aromatic rings. The number of aliphatic carboxylic acids is 1. The molecule has 1 heterocycles. The van der Waals surface area contributed by atoms with Gasteiger partial charge in [-0.15, -0.1) is 5.10 Å². The molecule has 1 aromatic carbocycles. The molecule has 0 saturated carbocycles. The summed E-state index contributed by atoms with van der Waals surface area (Å²) in [5.74, 6) is -0.693. The summed E-state index contributed by atoms with van der Waals surface area (Å²) in [7, 11) is 1.70. The van der Waals surface area contributed by atoms with Crippen molar-refractivity contribution in [2.24, 2.45) is 7.05 Å². The van der Waals surface area contributed by atoms with Crippen LogP contribution in [-0.4, -0.2) is 31.3 Å². The zero-order valence-electron chi connectivity index (χ0n) is 9.62. The topological polar surface area (TPSA) is 80.9 Å².